The average Bonchev–Trinajstić information content (AvgIpc) is 3.47. The molecular formula is C27H29N3O4S. The Balaban J connectivity index is 1.65. The van der Waals surface area contributed by atoms with Gasteiger partial charge in [0, 0.05) is 35.6 Å². The van der Waals surface area contributed by atoms with E-state index in [1.165, 1.54) is 11.3 Å². The molecule has 0 atom stereocenters. The number of nitrogens with zero attached hydrogens (tertiary/aromatic N) is 3. The van der Waals surface area contributed by atoms with Crippen LogP contribution in [0, 0.1) is 6.92 Å². The molecule has 8 heteroatoms. The fourth-order valence-electron chi connectivity index (χ4n) is 4.20. The van der Waals surface area contributed by atoms with Crippen molar-refractivity contribution in [3.63, 3.8) is 0 Å². The van der Waals surface area contributed by atoms with Crippen LogP contribution in [0.15, 0.2) is 48.5 Å². The molecule has 0 radical (unpaired) electrons. The fraction of sp³-hybridized carbons (Fsp3) is 0.333. The molecular weight excluding hydrogens is 462 g/mol. The van der Waals surface area contributed by atoms with E-state index in [1.54, 1.807) is 22.8 Å². The number of carbonyl (C=O) groups is 3. The van der Waals surface area contributed by atoms with E-state index in [2.05, 4.69) is 4.98 Å². The number of ether oxygens (including phenoxy) is 1. The lowest BCUT2D eigenvalue weighted by Gasteiger charge is -2.21. The van der Waals surface area contributed by atoms with Gasteiger partial charge in [0.25, 0.3) is 5.91 Å². The lowest BCUT2D eigenvalue weighted by atomic mass is 10.1. The zero-order valence-electron chi connectivity index (χ0n) is 20.2. The Hall–Kier alpha value is -3.52. The van der Waals surface area contributed by atoms with E-state index in [0.717, 1.165) is 23.2 Å². The molecule has 2 aromatic carbocycles. The molecule has 1 aliphatic heterocycles. The van der Waals surface area contributed by atoms with Crippen LogP contribution in [-0.4, -0.2) is 42.5 Å². The van der Waals surface area contributed by atoms with Crippen LogP contribution in [0.1, 0.15) is 57.1 Å². The zero-order valence-corrected chi connectivity index (χ0v) is 21.1. The molecule has 182 valence electrons. The molecule has 7 nitrogen and oxygen atoms in total. The summed E-state index contributed by atoms with van der Waals surface area (Å²) in [7, 11) is 0. The Labute approximate surface area is 209 Å². The number of fused-ring (bicyclic) bond motifs is 1. The summed E-state index contributed by atoms with van der Waals surface area (Å²) >= 11 is 1.31. The molecule has 2 amide bonds. The summed E-state index contributed by atoms with van der Waals surface area (Å²) in [6.07, 6.45) is 1.80. The maximum atomic E-state index is 13.7. The second-order valence-corrected chi connectivity index (χ2v) is 9.49. The highest BCUT2D eigenvalue weighted by Crippen LogP contribution is 2.32. The first-order chi connectivity index (χ1) is 16.9. The number of esters is 1. The molecule has 0 spiro atoms. The van der Waals surface area contributed by atoms with Crippen LogP contribution in [0.2, 0.25) is 0 Å². The van der Waals surface area contributed by atoms with Crippen LogP contribution in [0.3, 0.4) is 0 Å². The molecule has 0 unspecified atom stereocenters. The maximum Gasteiger partial charge on any atom is 0.358 e. The van der Waals surface area contributed by atoms with Gasteiger partial charge in [-0.15, -0.1) is 11.3 Å². The van der Waals surface area contributed by atoms with Crippen molar-refractivity contribution >= 4 is 39.9 Å². The molecule has 0 fully saturated rings. The summed E-state index contributed by atoms with van der Waals surface area (Å²) in [4.78, 5) is 47.0. The number of anilines is 2. The molecule has 35 heavy (non-hydrogen) atoms. The number of aryl methyl sites for hydroxylation is 1. The summed E-state index contributed by atoms with van der Waals surface area (Å²) in [5, 5.41) is 0.467. The number of hydrogen-bond donors (Lipinski definition) is 0. The van der Waals surface area contributed by atoms with Crippen molar-refractivity contribution in [2.24, 2.45) is 0 Å². The number of hydrogen-bond acceptors (Lipinski definition) is 6. The summed E-state index contributed by atoms with van der Waals surface area (Å²) in [6.45, 7) is 6.71. The van der Waals surface area contributed by atoms with Gasteiger partial charge in [-0.25, -0.2) is 9.78 Å². The fourth-order valence-corrected chi connectivity index (χ4v) is 5.12. The van der Waals surface area contributed by atoms with E-state index in [1.807, 2.05) is 56.3 Å². The second kappa shape index (κ2) is 10.8. The van der Waals surface area contributed by atoms with E-state index in [0.29, 0.717) is 41.5 Å². The molecule has 4 rings (SSSR count). The minimum Gasteiger partial charge on any atom is -0.461 e. The molecule has 0 saturated heterocycles. The lowest BCUT2D eigenvalue weighted by molar-refractivity contribution is -0.118. The van der Waals surface area contributed by atoms with E-state index in [-0.39, 0.29) is 24.1 Å². The minimum atomic E-state index is -0.485. The van der Waals surface area contributed by atoms with Crippen molar-refractivity contribution < 1.29 is 19.1 Å². The van der Waals surface area contributed by atoms with Crippen molar-refractivity contribution in [2.75, 3.05) is 29.5 Å². The normalized spacial score (nSPS) is 12.4. The molecule has 0 saturated carbocycles. The predicted octanol–water partition coefficient (Wildman–Crippen LogP) is 4.82. The first kappa shape index (κ1) is 24.6. The van der Waals surface area contributed by atoms with Crippen LogP contribution in [0.25, 0.3) is 0 Å². The van der Waals surface area contributed by atoms with Gasteiger partial charge < -0.3 is 9.64 Å². The zero-order chi connectivity index (χ0) is 24.9. The Morgan fingerprint density at radius 2 is 1.89 bits per heavy atom. The Morgan fingerprint density at radius 3 is 2.60 bits per heavy atom. The minimum absolute atomic E-state index is 0.0806. The van der Waals surface area contributed by atoms with Crippen molar-refractivity contribution in [2.45, 2.75) is 40.0 Å². The van der Waals surface area contributed by atoms with Crippen molar-refractivity contribution in [1.29, 1.82) is 0 Å². The number of rotatable bonds is 8. The smallest absolute Gasteiger partial charge is 0.358 e. The number of amides is 2. The third-order valence-electron chi connectivity index (χ3n) is 6.02. The summed E-state index contributed by atoms with van der Waals surface area (Å²) < 4.78 is 5.13. The quantitative estimate of drug-likeness (QED) is 0.422. The monoisotopic (exact) mass is 491 g/mol. The summed E-state index contributed by atoms with van der Waals surface area (Å²) in [5.41, 5.74) is 3.74. The van der Waals surface area contributed by atoms with Gasteiger partial charge in [0.15, 0.2) is 10.8 Å². The van der Waals surface area contributed by atoms with Crippen molar-refractivity contribution in [3.8, 4) is 0 Å². The number of aromatic nitrogens is 1. The summed E-state index contributed by atoms with van der Waals surface area (Å²) in [5.74, 6) is -0.591. The Kier molecular flexibility index (Phi) is 7.60. The highest BCUT2D eigenvalue weighted by molar-refractivity contribution is 7.16. The van der Waals surface area contributed by atoms with Crippen LogP contribution in [-0.2, 0) is 22.4 Å². The highest BCUT2D eigenvalue weighted by atomic mass is 32.1. The van der Waals surface area contributed by atoms with E-state index < -0.39 is 5.97 Å². The van der Waals surface area contributed by atoms with Gasteiger partial charge in [-0.3, -0.25) is 14.5 Å². The maximum absolute atomic E-state index is 13.7. The van der Waals surface area contributed by atoms with Gasteiger partial charge in [0.1, 0.15) is 0 Å². The molecule has 3 aromatic rings. The molecule has 0 bridgehead atoms. The van der Waals surface area contributed by atoms with Crippen LogP contribution in [0.4, 0.5) is 10.8 Å². The third-order valence-corrected chi connectivity index (χ3v) is 7.02. The standard InChI is InChI=1S/C27H29N3O4S/c1-4-23(31)29-16-14-20-17-21(11-12-22(20)29)25(32)30(15-13-19-9-7-6-8-10-19)27-28-24(18(3)35-27)26(33)34-5-2/h6-12,17H,4-5,13-16H2,1-3H3. The van der Waals surface area contributed by atoms with Gasteiger partial charge in [0.2, 0.25) is 5.91 Å². The first-order valence-corrected chi connectivity index (χ1v) is 12.7. The van der Waals surface area contributed by atoms with Gasteiger partial charge in [-0.05, 0) is 56.0 Å². The van der Waals surface area contributed by atoms with E-state index in [9.17, 15) is 14.4 Å². The highest BCUT2D eigenvalue weighted by Gasteiger charge is 2.28. The molecule has 2 heterocycles. The third kappa shape index (κ3) is 5.27. The molecule has 0 N–H and O–H groups in total. The predicted molar refractivity (Wildman–Crippen MR) is 137 cm³/mol. The number of thiazole rings is 1. The number of benzene rings is 2. The van der Waals surface area contributed by atoms with Crippen molar-refractivity contribution in [3.05, 3.63) is 75.8 Å². The Bertz CT molecular complexity index is 1240. The van der Waals surface area contributed by atoms with Crippen LogP contribution in [0.5, 0.6) is 0 Å². The lowest BCUT2D eigenvalue weighted by Crippen LogP contribution is -2.33. The molecule has 0 aliphatic carbocycles. The largest absolute Gasteiger partial charge is 0.461 e. The SMILES string of the molecule is CCOC(=O)c1nc(N(CCc2ccccc2)C(=O)c2ccc3c(c2)CCN3C(=O)CC)sc1C. The topological polar surface area (TPSA) is 79.8 Å². The molecule has 1 aliphatic rings. The van der Waals surface area contributed by atoms with Crippen LogP contribution < -0.4 is 9.80 Å². The van der Waals surface area contributed by atoms with Gasteiger partial charge in [0.05, 0.1) is 6.61 Å². The summed E-state index contributed by atoms with van der Waals surface area (Å²) in [6, 6.07) is 15.4. The van der Waals surface area contributed by atoms with Crippen molar-refractivity contribution in [1.82, 2.24) is 4.98 Å². The van der Waals surface area contributed by atoms with E-state index >= 15 is 0 Å². The van der Waals surface area contributed by atoms with Crippen LogP contribution >= 0.6 is 11.3 Å². The first-order valence-electron chi connectivity index (χ1n) is 11.9. The van der Waals surface area contributed by atoms with Gasteiger partial charge >= 0.3 is 5.97 Å². The average molecular weight is 492 g/mol. The number of carbonyl (C=O) groups excluding carboxylic acids is 3. The molecule has 1 aromatic heterocycles. The second-order valence-electron chi connectivity index (χ2n) is 8.31. The van der Waals surface area contributed by atoms with Gasteiger partial charge in [-0.2, -0.15) is 0 Å². The Morgan fingerprint density at radius 1 is 1.11 bits per heavy atom. The van der Waals surface area contributed by atoms with E-state index in [4.69, 9.17) is 4.74 Å². The van der Waals surface area contributed by atoms with Gasteiger partial charge in [-0.1, -0.05) is 37.3 Å².